The zero-order valence-corrected chi connectivity index (χ0v) is 19.6. The highest BCUT2D eigenvalue weighted by atomic mass is 32.2. The maximum absolute atomic E-state index is 13.6. The summed E-state index contributed by atoms with van der Waals surface area (Å²) in [6, 6.07) is 22.9. The van der Waals surface area contributed by atoms with Crippen LogP contribution in [-0.2, 0) is 23.1 Å². The molecule has 0 saturated heterocycles. The third kappa shape index (κ3) is 5.66. The number of anilines is 1. The van der Waals surface area contributed by atoms with E-state index in [0.717, 1.165) is 16.1 Å². The predicted molar refractivity (Wildman–Crippen MR) is 131 cm³/mol. The van der Waals surface area contributed by atoms with Gasteiger partial charge in [-0.2, -0.15) is 0 Å². The fraction of sp³-hybridized carbons (Fsp3) is 0.120. The summed E-state index contributed by atoms with van der Waals surface area (Å²) in [5.74, 6) is -0.281. The lowest BCUT2D eigenvalue weighted by Gasteiger charge is -2.23. The van der Waals surface area contributed by atoms with Gasteiger partial charge < -0.3 is 4.90 Å². The molecule has 0 spiro atoms. The number of carbonyl (C=O) groups is 1. The summed E-state index contributed by atoms with van der Waals surface area (Å²) in [5.41, 5.74) is 2.45. The molecule has 0 unspecified atom stereocenters. The van der Waals surface area contributed by atoms with E-state index in [4.69, 9.17) is 0 Å². The van der Waals surface area contributed by atoms with Crippen molar-refractivity contribution in [2.75, 3.05) is 4.72 Å². The van der Waals surface area contributed by atoms with Crippen LogP contribution in [0.15, 0.2) is 95.3 Å². The summed E-state index contributed by atoms with van der Waals surface area (Å²) in [6.07, 6.45) is 1.70. The summed E-state index contributed by atoms with van der Waals surface area (Å²) in [4.78, 5) is 19.8. The normalized spacial score (nSPS) is 11.2. The number of hydrogen-bond donors (Lipinski definition) is 1. The second kappa shape index (κ2) is 9.97. The summed E-state index contributed by atoms with van der Waals surface area (Å²) in [5, 5.41) is 2.67. The van der Waals surface area contributed by atoms with E-state index in [1.54, 1.807) is 59.6 Å². The zero-order chi connectivity index (χ0) is 23.3. The van der Waals surface area contributed by atoms with E-state index in [9.17, 15) is 13.2 Å². The lowest BCUT2D eigenvalue weighted by atomic mass is 10.1. The Morgan fingerprint density at radius 3 is 2.33 bits per heavy atom. The molecule has 33 heavy (non-hydrogen) atoms. The SMILES string of the molecule is Cc1ccc(S(=O)(=O)Nc2ccccc2C(=O)N(Cc2ccccc2)Cc2nccs2)cc1. The number of aromatic nitrogens is 1. The molecular formula is C25H23N3O3S2. The van der Waals surface area contributed by atoms with Crippen LogP contribution in [0.4, 0.5) is 5.69 Å². The van der Waals surface area contributed by atoms with Crippen LogP contribution in [0.2, 0.25) is 0 Å². The van der Waals surface area contributed by atoms with E-state index in [1.807, 2.05) is 42.6 Å². The summed E-state index contributed by atoms with van der Waals surface area (Å²) in [7, 11) is -3.85. The average molecular weight is 478 g/mol. The quantitative estimate of drug-likeness (QED) is 0.383. The van der Waals surface area contributed by atoms with Gasteiger partial charge in [-0.3, -0.25) is 9.52 Å². The summed E-state index contributed by atoms with van der Waals surface area (Å²) in [6.45, 7) is 2.59. The van der Waals surface area contributed by atoms with Crippen molar-refractivity contribution in [1.29, 1.82) is 0 Å². The molecule has 0 saturated carbocycles. The maximum Gasteiger partial charge on any atom is 0.261 e. The Bertz CT molecular complexity index is 1320. The van der Waals surface area contributed by atoms with E-state index in [1.165, 1.54) is 11.3 Å². The van der Waals surface area contributed by atoms with Crippen LogP contribution in [0.5, 0.6) is 0 Å². The van der Waals surface area contributed by atoms with Crippen molar-refractivity contribution >= 4 is 33.0 Å². The molecule has 4 aromatic rings. The van der Waals surface area contributed by atoms with Gasteiger partial charge in [-0.05, 0) is 36.8 Å². The van der Waals surface area contributed by atoms with Gasteiger partial charge in [0.25, 0.3) is 15.9 Å². The van der Waals surface area contributed by atoms with Gasteiger partial charge in [-0.25, -0.2) is 13.4 Å². The lowest BCUT2D eigenvalue weighted by molar-refractivity contribution is 0.0731. The van der Waals surface area contributed by atoms with Crippen molar-refractivity contribution in [2.24, 2.45) is 0 Å². The van der Waals surface area contributed by atoms with Crippen LogP contribution in [0, 0.1) is 6.92 Å². The first-order valence-electron chi connectivity index (χ1n) is 10.3. The Labute approximate surface area is 197 Å². The molecule has 1 N–H and O–H groups in total. The van der Waals surface area contributed by atoms with Crippen molar-refractivity contribution in [3.05, 3.63) is 112 Å². The third-order valence-corrected chi connectivity index (χ3v) is 7.19. The van der Waals surface area contributed by atoms with E-state index < -0.39 is 10.0 Å². The van der Waals surface area contributed by atoms with E-state index in [0.29, 0.717) is 13.1 Å². The summed E-state index contributed by atoms with van der Waals surface area (Å²) >= 11 is 1.47. The number of amides is 1. The Kier molecular flexibility index (Phi) is 6.86. The number of carbonyl (C=O) groups excluding carboxylic acids is 1. The molecule has 0 aliphatic rings. The molecule has 0 radical (unpaired) electrons. The van der Waals surface area contributed by atoms with Gasteiger partial charge >= 0.3 is 0 Å². The molecule has 0 aliphatic carbocycles. The number of hydrogen-bond acceptors (Lipinski definition) is 5. The molecule has 1 aromatic heterocycles. The van der Waals surface area contributed by atoms with Crippen molar-refractivity contribution in [3.63, 3.8) is 0 Å². The van der Waals surface area contributed by atoms with E-state index >= 15 is 0 Å². The molecule has 3 aromatic carbocycles. The molecule has 0 bridgehead atoms. The number of aryl methyl sites for hydroxylation is 1. The monoisotopic (exact) mass is 477 g/mol. The van der Waals surface area contributed by atoms with Gasteiger partial charge in [0.15, 0.2) is 0 Å². The van der Waals surface area contributed by atoms with Crippen LogP contribution >= 0.6 is 11.3 Å². The molecule has 168 valence electrons. The van der Waals surface area contributed by atoms with Crippen LogP contribution < -0.4 is 4.72 Å². The fourth-order valence-electron chi connectivity index (χ4n) is 3.35. The Morgan fingerprint density at radius 2 is 1.64 bits per heavy atom. The van der Waals surface area contributed by atoms with E-state index in [-0.39, 0.29) is 22.1 Å². The van der Waals surface area contributed by atoms with E-state index in [2.05, 4.69) is 9.71 Å². The number of nitrogens with one attached hydrogen (secondary N) is 1. The topological polar surface area (TPSA) is 79.4 Å². The van der Waals surface area contributed by atoms with Crippen molar-refractivity contribution < 1.29 is 13.2 Å². The molecule has 1 amide bonds. The van der Waals surface area contributed by atoms with Gasteiger partial charge in [0.1, 0.15) is 5.01 Å². The molecule has 4 rings (SSSR count). The highest BCUT2D eigenvalue weighted by Crippen LogP contribution is 2.24. The molecule has 8 heteroatoms. The fourth-order valence-corrected chi connectivity index (χ4v) is 5.06. The molecule has 0 aliphatic heterocycles. The van der Waals surface area contributed by atoms with Crippen LogP contribution in [0.1, 0.15) is 26.5 Å². The Balaban J connectivity index is 1.65. The smallest absolute Gasteiger partial charge is 0.261 e. The number of rotatable bonds is 8. The van der Waals surface area contributed by atoms with Gasteiger partial charge in [0.2, 0.25) is 0 Å². The first kappa shape index (κ1) is 22.7. The largest absolute Gasteiger partial charge is 0.327 e. The van der Waals surface area contributed by atoms with Gasteiger partial charge in [-0.15, -0.1) is 11.3 Å². The van der Waals surface area contributed by atoms with Crippen molar-refractivity contribution in [3.8, 4) is 0 Å². The minimum absolute atomic E-state index is 0.138. The number of benzene rings is 3. The van der Waals surface area contributed by atoms with Crippen molar-refractivity contribution in [2.45, 2.75) is 24.9 Å². The molecule has 0 atom stereocenters. The standard InChI is InChI=1S/C25H23N3O3S2/c1-19-11-13-21(14-12-19)33(30,31)27-23-10-6-5-9-22(23)25(29)28(18-24-26-15-16-32-24)17-20-7-3-2-4-8-20/h2-16,27H,17-18H2,1H3. The summed E-state index contributed by atoms with van der Waals surface area (Å²) < 4.78 is 28.5. The maximum atomic E-state index is 13.6. The van der Waals surface area contributed by atoms with Gasteiger partial charge in [-0.1, -0.05) is 60.2 Å². The van der Waals surface area contributed by atoms with Crippen LogP contribution in [0.3, 0.4) is 0 Å². The predicted octanol–water partition coefficient (Wildman–Crippen LogP) is 5.09. The zero-order valence-electron chi connectivity index (χ0n) is 18.0. The Morgan fingerprint density at radius 1 is 0.939 bits per heavy atom. The Hall–Kier alpha value is -3.49. The first-order chi connectivity index (χ1) is 15.9. The number of nitrogens with zero attached hydrogens (tertiary/aromatic N) is 2. The second-order valence-corrected chi connectivity index (χ2v) is 10.2. The minimum Gasteiger partial charge on any atom is -0.327 e. The van der Waals surface area contributed by atoms with Gasteiger partial charge in [0, 0.05) is 18.1 Å². The van der Waals surface area contributed by atoms with Crippen molar-refractivity contribution in [1.82, 2.24) is 9.88 Å². The number of sulfonamides is 1. The third-order valence-electron chi connectivity index (χ3n) is 5.05. The van der Waals surface area contributed by atoms with Crippen LogP contribution in [-0.4, -0.2) is 24.2 Å². The second-order valence-electron chi connectivity index (χ2n) is 7.54. The molecule has 0 fully saturated rings. The molecule has 6 nitrogen and oxygen atoms in total. The number of para-hydroxylation sites is 1. The average Bonchev–Trinajstić information content (AvgIpc) is 3.32. The first-order valence-corrected chi connectivity index (χ1v) is 12.7. The van der Waals surface area contributed by atoms with Gasteiger partial charge in [0.05, 0.1) is 22.7 Å². The lowest BCUT2D eigenvalue weighted by Crippen LogP contribution is -2.31. The molecule has 1 heterocycles. The number of thiazole rings is 1. The minimum atomic E-state index is -3.85. The molecular weight excluding hydrogens is 454 g/mol. The highest BCUT2D eigenvalue weighted by molar-refractivity contribution is 7.92. The van der Waals surface area contributed by atoms with Crippen LogP contribution in [0.25, 0.3) is 0 Å². The highest BCUT2D eigenvalue weighted by Gasteiger charge is 2.23.